The average molecular weight is 313 g/mol. The predicted molar refractivity (Wildman–Crippen MR) is 88.4 cm³/mol. The fourth-order valence-electron chi connectivity index (χ4n) is 2.35. The van der Waals surface area contributed by atoms with E-state index in [1.807, 2.05) is 51.9 Å². The summed E-state index contributed by atoms with van der Waals surface area (Å²) in [5.74, 6) is 0. The molecule has 0 aliphatic heterocycles. The van der Waals surface area contributed by atoms with Gasteiger partial charge in [0.25, 0.3) is 0 Å². The summed E-state index contributed by atoms with van der Waals surface area (Å²) in [7, 11) is 0.501. The summed E-state index contributed by atoms with van der Waals surface area (Å²) in [5.41, 5.74) is 2.50. The summed E-state index contributed by atoms with van der Waals surface area (Å²) in [4.78, 5) is 2.43. The maximum Gasteiger partial charge on any atom is 0.241 e. The van der Waals surface area contributed by atoms with Crippen molar-refractivity contribution in [1.82, 2.24) is 9.62 Å². The largest absolute Gasteiger partial charge is 0.385 e. The first-order chi connectivity index (χ1) is 9.77. The number of hydrogen-bond acceptors (Lipinski definition) is 4. The third kappa shape index (κ3) is 5.30. The highest BCUT2D eigenvalue weighted by Crippen LogP contribution is 2.24. The molecule has 0 atom stereocenters. The van der Waals surface area contributed by atoms with Gasteiger partial charge in [-0.1, -0.05) is 0 Å². The number of rotatable bonds is 8. The molecule has 6 heteroatoms. The molecule has 0 aliphatic carbocycles. The van der Waals surface area contributed by atoms with Gasteiger partial charge in [0, 0.05) is 18.8 Å². The summed E-state index contributed by atoms with van der Waals surface area (Å²) < 4.78 is 27.6. The van der Waals surface area contributed by atoms with Gasteiger partial charge in [-0.25, -0.2) is 13.1 Å². The van der Waals surface area contributed by atoms with Crippen molar-refractivity contribution in [2.45, 2.75) is 32.1 Å². The first-order valence-corrected chi connectivity index (χ1v) is 8.75. The van der Waals surface area contributed by atoms with Crippen LogP contribution in [0.4, 0.5) is 5.69 Å². The second-order valence-corrected chi connectivity index (χ2v) is 7.23. The Balaban J connectivity index is 2.88. The number of sulfonamides is 1. The van der Waals surface area contributed by atoms with Crippen LogP contribution in [0.25, 0.3) is 0 Å². The maximum atomic E-state index is 12.4. The molecule has 21 heavy (non-hydrogen) atoms. The lowest BCUT2D eigenvalue weighted by molar-refractivity contribution is 0.400. The van der Waals surface area contributed by atoms with Gasteiger partial charge in [0.15, 0.2) is 0 Å². The maximum absolute atomic E-state index is 12.4. The van der Waals surface area contributed by atoms with Gasteiger partial charge in [0.1, 0.15) is 0 Å². The van der Waals surface area contributed by atoms with Crippen molar-refractivity contribution in [2.24, 2.45) is 0 Å². The van der Waals surface area contributed by atoms with Gasteiger partial charge in [-0.05, 0) is 71.1 Å². The molecule has 1 aromatic carbocycles. The highest BCUT2D eigenvalue weighted by atomic mass is 32.2. The van der Waals surface area contributed by atoms with Crippen molar-refractivity contribution < 1.29 is 8.42 Å². The first-order valence-electron chi connectivity index (χ1n) is 7.27. The number of anilines is 1. The SMILES string of the molecule is CCNc1cc(C)c(S(=O)(=O)NCCCN(C)C)c(C)c1. The number of benzene rings is 1. The van der Waals surface area contributed by atoms with Crippen molar-refractivity contribution in [2.75, 3.05) is 39.0 Å². The van der Waals surface area contributed by atoms with Crippen LogP contribution in [0.15, 0.2) is 17.0 Å². The normalized spacial score (nSPS) is 11.9. The molecule has 0 amide bonds. The second-order valence-electron chi connectivity index (χ2n) is 5.52. The minimum atomic E-state index is -3.45. The van der Waals surface area contributed by atoms with Crippen molar-refractivity contribution in [3.8, 4) is 0 Å². The Morgan fingerprint density at radius 1 is 1.14 bits per heavy atom. The van der Waals surface area contributed by atoms with Crippen LogP contribution >= 0.6 is 0 Å². The van der Waals surface area contributed by atoms with Gasteiger partial charge in [-0.3, -0.25) is 0 Å². The molecule has 0 spiro atoms. The first kappa shape index (κ1) is 17.9. The monoisotopic (exact) mass is 313 g/mol. The molecule has 0 heterocycles. The van der Waals surface area contributed by atoms with E-state index in [4.69, 9.17) is 0 Å². The molecule has 0 aliphatic rings. The van der Waals surface area contributed by atoms with Crippen LogP contribution in [-0.4, -0.2) is 47.0 Å². The Kier molecular flexibility index (Phi) is 6.64. The molecule has 0 saturated carbocycles. The van der Waals surface area contributed by atoms with Crippen LogP contribution in [0, 0.1) is 13.8 Å². The van der Waals surface area contributed by atoms with E-state index in [1.165, 1.54) is 0 Å². The van der Waals surface area contributed by atoms with E-state index in [1.54, 1.807) is 0 Å². The van der Waals surface area contributed by atoms with E-state index >= 15 is 0 Å². The smallest absolute Gasteiger partial charge is 0.241 e. The molecular weight excluding hydrogens is 286 g/mol. The molecule has 0 fully saturated rings. The number of hydrogen-bond donors (Lipinski definition) is 2. The van der Waals surface area contributed by atoms with Gasteiger partial charge in [-0.2, -0.15) is 0 Å². The molecule has 0 radical (unpaired) electrons. The zero-order valence-corrected chi connectivity index (χ0v) is 14.5. The van der Waals surface area contributed by atoms with Crippen LogP contribution in [0.5, 0.6) is 0 Å². The number of aryl methyl sites for hydroxylation is 2. The Morgan fingerprint density at radius 2 is 1.71 bits per heavy atom. The molecule has 120 valence electrons. The zero-order chi connectivity index (χ0) is 16.0. The molecule has 0 saturated heterocycles. The van der Waals surface area contributed by atoms with E-state index in [9.17, 15) is 8.42 Å². The second kappa shape index (κ2) is 7.77. The fraction of sp³-hybridized carbons (Fsp3) is 0.600. The average Bonchev–Trinajstić information content (AvgIpc) is 2.33. The highest BCUT2D eigenvalue weighted by molar-refractivity contribution is 7.89. The number of nitrogens with zero attached hydrogens (tertiary/aromatic N) is 1. The Hall–Kier alpha value is -1.11. The van der Waals surface area contributed by atoms with Crippen molar-refractivity contribution >= 4 is 15.7 Å². The van der Waals surface area contributed by atoms with Crippen molar-refractivity contribution in [3.05, 3.63) is 23.3 Å². The van der Waals surface area contributed by atoms with E-state index in [0.29, 0.717) is 11.4 Å². The lowest BCUT2D eigenvalue weighted by atomic mass is 10.1. The van der Waals surface area contributed by atoms with Gasteiger partial charge in [-0.15, -0.1) is 0 Å². The minimum Gasteiger partial charge on any atom is -0.385 e. The van der Waals surface area contributed by atoms with Crippen LogP contribution in [0.1, 0.15) is 24.5 Å². The van der Waals surface area contributed by atoms with Gasteiger partial charge < -0.3 is 10.2 Å². The molecule has 1 aromatic rings. The molecule has 0 bridgehead atoms. The van der Waals surface area contributed by atoms with E-state index in [0.717, 1.165) is 36.3 Å². The fourth-order valence-corrected chi connectivity index (χ4v) is 3.88. The lowest BCUT2D eigenvalue weighted by Gasteiger charge is -2.15. The Labute approximate surface area is 128 Å². The molecule has 5 nitrogen and oxygen atoms in total. The molecular formula is C15H27N3O2S. The van der Waals surface area contributed by atoms with Crippen molar-refractivity contribution in [1.29, 1.82) is 0 Å². The van der Waals surface area contributed by atoms with Crippen molar-refractivity contribution in [3.63, 3.8) is 0 Å². The quantitative estimate of drug-likeness (QED) is 0.720. The molecule has 0 aromatic heterocycles. The van der Waals surface area contributed by atoms with Crippen LogP contribution < -0.4 is 10.0 Å². The standard InChI is InChI=1S/C15H27N3O2S/c1-6-16-14-10-12(2)15(13(3)11-14)21(19,20)17-8-7-9-18(4)5/h10-11,16-17H,6-9H2,1-5H3. The number of nitrogens with one attached hydrogen (secondary N) is 2. The van der Waals surface area contributed by atoms with Gasteiger partial charge in [0.2, 0.25) is 10.0 Å². The highest BCUT2D eigenvalue weighted by Gasteiger charge is 2.19. The van der Waals surface area contributed by atoms with Gasteiger partial charge in [0.05, 0.1) is 4.90 Å². The minimum absolute atomic E-state index is 0.397. The lowest BCUT2D eigenvalue weighted by Crippen LogP contribution is -2.28. The summed E-state index contributed by atoms with van der Waals surface area (Å²) in [6.07, 6.45) is 0.791. The topological polar surface area (TPSA) is 61.4 Å². The summed E-state index contributed by atoms with van der Waals surface area (Å²) in [5, 5.41) is 3.21. The Bertz CT molecular complexity index is 545. The van der Waals surface area contributed by atoms with Crippen LogP contribution in [-0.2, 0) is 10.0 Å². The van der Waals surface area contributed by atoms with E-state index < -0.39 is 10.0 Å². The summed E-state index contributed by atoms with van der Waals surface area (Å²) >= 11 is 0. The third-order valence-corrected chi connectivity index (χ3v) is 4.95. The molecule has 2 N–H and O–H groups in total. The van der Waals surface area contributed by atoms with Crippen LogP contribution in [0.3, 0.4) is 0 Å². The van der Waals surface area contributed by atoms with E-state index in [2.05, 4.69) is 10.0 Å². The summed E-state index contributed by atoms with van der Waals surface area (Å²) in [6, 6.07) is 3.76. The Morgan fingerprint density at radius 3 is 2.19 bits per heavy atom. The third-order valence-electron chi connectivity index (χ3n) is 3.18. The van der Waals surface area contributed by atoms with Crippen LogP contribution in [0.2, 0.25) is 0 Å². The van der Waals surface area contributed by atoms with Gasteiger partial charge >= 0.3 is 0 Å². The predicted octanol–water partition coefficient (Wildman–Crippen LogP) is 1.97. The van der Waals surface area contributed by atoms with E-state index in [-0.39, 0.29) is 0 Å². The molecule has 1 rings (SSSR count). The zero-order valence-electron chi connectivity index (χ0n) is 13.7. The summed E-state index contributed by atoms with van der Waals surface area (Å²) in [6.45, 7) is 7.81. The molecule has 0 unspecified atom stereocenters.